The third kappa shape index (κ3) is 8.95. The van der Waals surface area contributed by atoms with Crippen LogP contribution in [-0.2, 0) is 19.3 Å². The van der Waals surface area contributed by atoms with Crippen molar-refractivity contribution in [1.82, 2.24) is 4.90 Å². The average molecular weight is 626 g/mol. The fourth-order valence-corrected chi connectivity index (χ4v) is 5.61. The number of carbonyl (C=O) groups excluding carboxylic acids is 2. The van der Waals surface area contributed by atoms with Crippen molar-refractivity contribution in [2.24, 2.45) is 5.73 Å². The molecule has 5 aromatic rings. The van der Waals surface area contributed by atoms with Gasteiger partial charge in [-0.2, -0.15) is 0 Å². The summed E-state index contributed by atoms with van der Waals surface area (Å²) in [6.45, 7) is 0.581. The van der Waals surface area contributed by atoms with Crippen LogP contribution >= 0.6 is 0 Å². The van der Waals surface area contributed by atoms with Crippen molar-refractivity contribution in [3.8, 4) is 11.5 Å². The third-order valence-electron chi connectivity index (χ3n) is 8.08. The Labute approximate surface area is 276 Å². The van der Waals surface area contributed by atoms with Gasteiger partial charge in [0.1, 0.15) is 5.84 Å². The van der Waals surface area contributed by atoms with Crippen LogP contribution in [0.15, 0.2) is 133 Å². The molecule has 0 fully saturated rings. The lowest BCUT2D eigenvalue weighted by atomic mass is 9.96. The highest BCUT2D eigenvalue weighted by Gasteiger charge is 2.26. The van der Waals surface area contributed by atoms with E-state index in [0.717, 1.165) is 12.8 Å². The van der Waals surface area contributed by atoms with Gasteiger partial charge in [0.25, 0.3) is 5.91 Å². The van der Waals surface area contributed by atoms with Crippen molar-refractivity contribution in [2.45, 2.75) is 31.7 Å². The van der Waals surface area contributed by atoms with Crippen LogP contribution in [0.25, 0.3) is 0 Å². The molecule has 0 unspecified atom stereocenters. The standard InChI is InChI=1S/C40H39N3O4/c1-46-37-28-34(38(41)42)23-24-36(37)47-40(45)33-21-19-32(20-22-33)39(44)43(25-11-18-29-12-5-2-6-13-29)35(26-30-14-7-3-8-15-30)27-31-16-9-4-10-17-31/h2-10,12-17,19-24,28,35H,11,18,25-27H2,1H3,(H3,41,42). The minimum absolute atomic E-state index is 0.0850. The molecule has 0 aromatic heterocycles. The number of nitrogen functional groups attached to an aromatic ring is 1. The summed E-state index contributed by atoms with van der Waals surface area (Å²) in [5.74, 6) is -0.311. The van der Waals surface area contributed by atoms with Gasteiger partial charge in [0.2, 0.25) is 0 Å². The molecular weight excluding hydrogens is 586 g/mol. The van der Waals surface area contributed by atoms with E-state index in [1.54, 1.807) is 36.4 Å². The van der Waals surface area contributed by atoms with Gasteiger partial charge in [0.15, 0.2) is 11.5 Å². The van der Waals surface area contributed by atoms with E-state index in [0.29, 0.717) is 36.1 Å². The first-order chi connectivity index (χ1) is 22.9. The van der Waals surface area contributed by atoms with Crippen molar-refractivity contribution in [3.63, 3.8) is 0 Å². The summed E-state index contributed by atoms with van der Waals surface area (Å²) >= 11 is 0. The van der Waals surface area contributed by atoms with Crippen LogP contribution in [0.3, 0.4) is 0 Å². The van der Waals surface area contributed by atoms with Crippen molar-refractivity contribution < 1.29 is 19.1 Å². The van der Waals surface area contributed by atoms with Gasteiger partial charge < -0.3 is 20.1 Å². The van der Waals surface area contributed by atoms with E-state index in [4.69, 9.17) is 20.6 Å². The van der Waals surface area contributed by atoms with Crippen molar-refractivity contribution in [1.29, 1.82) is 5.41 Å². The number of amidine groups is 1. The molecule has 0 aliphatic rings. The number of nitrogens with two attached hydrogens (primary N) is 1. The molecule has 7 nitrogen and oxygen atoms in total. The monoisotopic (exact) mass is 625 g/mol. The van der Waals surface area contributed by atoms with Crippen LogP contribution in [0.4, 0.5) is 0 Å². The Morgan fingerprint density at radius 2 is 1.19 bits per heavy atom. The quantitative estimate of drug-likeness (QED) is 0.0591. The normalized spacial score (nSPS) is 10.8. The number of rotatable bonds is 14. The molecule has 0 spiro atoms. The maximum atomic E-state index is 14.3. The molecule has 0 aliphatic carbocycles. The van der Waals surface area contributed by atoms with Crippen molar-refractivity contribution >= 4 is 17.7 Å². The lowest BCUT2D eigenvalue weighted by Gasteiger charge is -2.33. The molecule has 5 aromatic carbocycles. The van der Waals surface area contributed by atoms with Gasteiger partial charge in [-0.25, -0.2) is 4.79 Å². The molecule has 0 atom stereocenters. The number of carbonyl (C=O) groups is 2. The van der Waals surface area contributed by atoms with Crippen LogP contribution in [0, 0.1) is 5.41 Å². The molecule has 0 radical (unpaired) electrons. The van der Waals surface area contributed by atoms with Gasteiger partial charge in [-0.15, -0.1) is 0 Å². The highest BCUT2D eigenvalue weighted by atomic mass is 16.6. The summed E-state index contributed by atoms with van der Waals surface area (Å²) in [6.07, 6.45) is 3.09. The molecule has 47 heavy (non-hydrogen) atoms. The van der Waals surface area contributed by atoms with E-state index in [9.17, 15) is 9.59 Å². The maximum Gasteiger partial charge on any atom is 0.343 e. The Balaban J connectivity index is 1.38. The number of hydrogen-bond donors (Lipinski definition) is 2. The zero-order chi connectivity index (χ0) is 33.0. The van der Waals surface area contributed by atoms with E-state index >= 15 is 0 Å². The highest BCUT2D eigenvalue weighted by molar-refractivity contribution is 5.97. The number of benzene rings is 5. The molecular formula is C40H39N3O4. The maximum absolute atomic E-state index is 14.3. The SMILES string of the molecule is COc1cc(C(=N)N)ccc1OC(=O)c1ccc(C(=O)N(CCCc2ccccc2)C(Cc2ccccc2)Cc2ccccc2)cc1. The Hall–Kier alpha value is -5.69. The lowest BCUT2D eigenvalue weighted by Crippen LogP contribution is -2.43. The van der Waals surface area contributed by atoms with E-state index in [1.165, 1.54) is 29.9 Å². The van der Waals surface area contributed by atoms with E-state index in [-0.39, 0.29) is 29.3 Å². The first-order valence-electron chi connectivity index (χ1n) is 15.7. The largest absolute Gasteiger partial charge is 0.493 e. The zero-order valence-corrected chi connectivity index (χ0v) is 26.5. The van der Waals surface area contributed by atoms with Crippen LogP contribution < -0.4 is 15.2 Å². The number of nitrogens with zero attached hydrogens (tertiary/aromatic N) is 1. The van der Waals surface area contributed by atoms with Crippen LogP contribution in [0.1, 0.15) is 49.4 Å². The van der Waals surface area contributed by atoms with Gasteiger partial charge in [0, 0.05) is 23.7 Å². The average Bonchev–Trinajstić information content (AvgIpc) is 3.11. The predicted octanol–water partition coefficient (Wildman–Crippen LogP) is 7.13. The Morgan fingerprint density at radius 1 is 0.681 bits per heavy atom. The third-order valence-corrected chi connectivity index (χ3v) is 8.08. The highest BCUT2D eigenvalue weighted by Crippen LogP contribution is 2.29. The number of methoxy groups -OCH3 is 1. The second-order valence-corrected chi connectivity index (χ2v) is 11.4. The molecule has 1 amide bonds. The number of nitrogens with one attached hydrogen (secondary N) is 1. The van der Waals surface area contributed by atoms with Gasteiger partial charge in [0.05, 0.1) is 12.7 Å². The summed E-state index contributed by atoms with van der Waals surface area (Å²) in [5.41, 5.74) is 10.4. The van der Waals surface area contributed by atoms with E-state index in [2.05, 4.69) is 36.4 Å². The summed E-state index contributed by atoms with van der Waals surface area (Å²) in [7, 11) is 1.45. The van der Waals surface area contributed by atoms with Crippen LogP contribution in [-0.4, -0.2) is 42.3 Å². The number of esters is 1. The molecule has 0 bridgehead atoms. The predicted molar refractivity (Wildman–Crippen MR) is 185 cm³/mol. The number of ether oxygens (including phenoxy) is 2. The van der Waals surface area contributed by atoms with Crippen LogP contribution in [0.5, 0.6) is 11.5 Å². The van der Waals surface area contributed by atoms with Gasteiger partial charge in [-0.1, -0.05) is 91.0 Å². The minimum Gasteiger partial charge on any atom is -0.493 e. The number of aryl methyl sites for hydroxylation is 1. The van der Waals surface area contributed by atoms with Crippen molar-refractivity contribution in [3.05, 3.63) is 167 Å². The Bertz CT molecular complexity index is 1730. The number of hydrogen-bond acceptors (Lipinski definition) is 5. The molecule has 5 rings (SSSR count). The fraction of sp³-hybridized carbons (Fsp3) is 0.175. The molecule has 7 heteroatoms. The molecule has 238 valence electrons. The Morgan fingerprint density at radius 3 is 1.72 bits per heavy atom. The molecule has 0 aliphatic heterocycles. The van der Waals surface area contributed by atoms with E-state index < -0.39 is 5.97 Å². The van der Waals surface area contributed by atoms with Crippen molar-refractivity contribution in [2.75, 3.05) is 13.7 Å². The molecule has 0 saturated carbocycles. The van der Waals surface area contributed by atoms with Crippen LogP contribution in [0.2, 0.25) is 0 Å². The summed E-state index contributed by atoms with van der Waals surface area (Å²) in [6, 6.07) is 42.0. The van der Waals surface area contributed by atoms with Gasteiger partial charge in [-0.05, 0) is 84.8 Å². The summed E-state index contributed by atoms with van der Waals surface area (Å²) < 4.78 is 10.9. The first kappa shape index (κ1) is 32.7. The van der Waals surface area contributed by atoms with E-state index in [1.807, 2.05) is 59.5 Å². The second kappa shape index (κ2) is 16.0. The molecule has 0 saturated heterocycles. The number of amides is 1. The topological polar surface area (TPSA) is 106 Å². The zero-order valence-electron chi connectivity index (χ0n) is 26.5. The van der Waals surface area contributed by atoms with Gasteiger partial charge in [-0.3, -0.25) is 10.2 Å². The fourth-order valence-electron chi connectivity index (χ4n) is 5.61. The smallest absolute Gasteiger partial charge is 0.343 e. The Kier molecular flexibility index (Phi) is 11.2. The molecule has 0 heterocycles. The molecule has 3 N–H and O–H groups in total. The minimum atomic E-state index is -0.594. The lowest BCUT2D eigenvalue weighted by molar-refractivity contribution is 0.0670. The first-order valence-corrected chi connectivity index (χ1v) is 15.7. The summed E-state index contributed by atoms with van der Waals surface area (Å²) in [4.78, 5) is 29.4. The summed E-state index contributed by atoms with van der Waals surface area (Å²) in [5, 5.41) is 7.64. The van der Waals surface area contributed by atoms with Gasteiger partial charge >= 0.3 is 5.97 Å². The second-order valence-electron chi connectivity index (χ2n) is 11.4.